The van der Waals surface area contributed by atoms with Gasteiger partial charge in [-0.2, -0.15) is 0 Å². The lowest BCUT2D eigenvalue weighted by Gasteiger charge is -2.10. The van der Waals surface area contributed by atoms with E-state index >= 15 is 0 Å². The highest BCUT2D eigenvalue weighted by Crippen LogP contribution is 2.11. The molecule has 0 aliphatic carbocycles. The minimum absolute atomic E-state index is 0.194. The van der Waals surface area contributed by atoms with E-state index in [2.05, 4.69) is 20.3 Å². The molecule has 8 nitrogen and oxygen atoms in total. The molecule has 1 amide bonds. The van der Waals surface area contributed by atoms with E-state index in [1.807, 2.05) is 30.3 Å². The van der Waals surface area contributed by atoms with E-state index < -0.39 is 6.09 Å². The Morgan fingerprint density at radius 3 is 2.74 bits per heavy atom. The van der Waals surface area contributed by atoms with Gasteiger partial charge in [-0.05, 0) is 11.6 Å². The summed E-state index contributed by atoms with van der Waals surface area (Å²) in [6, 6.07) is 12.5. The summed E-state index contributed by atoms with van der Waals surface area (Å²) in [5.41, 5.74) is 1.76. The van der Waals surface area contributed by atoms with Gasteiger partial charge in [0.15, 0.2) is 0 Å². The monoisotopic (exact) mass is 365 g/mol. The van der Waals surface area contributed by atoms with Crippen LogP contribution in [0.2, 0.25) is 0 Å². The van der Waals surface area contributed by atoms with Crippen molar-refractivity contribution in [2.45, 2.75) is 13.0 Å². The Balaban J connectivity index is 1.58. The second-order valence-electron chi connectivity index (χ2n) is 5.79. The fourth-order valence-corrected chi connectivity index (χ4v) is 2.43. The molecule has 8 heteroatoms. The summed E-state index contributed by atoms with van der Waals surface area (Å²) in [6.45, 7) is 0.494. The fraction of sp³-hybridized carbons (Fsp3) is 0.211. The Bertz CT molecular complexity index is 958. The van der Waals surface area contributed by atoms with Crippen LogP contribution in [0, 0.1) is 0 Å². The number of alkyl carbamates (subject to hydrolysis) is 1. The lowest BCUT2D eigenvalue weighted by molar-refractivity contribution is 0.139. The number of nitrogens with zero attached hydrogens (tertiary/aromatic N) is 4. The molecular weight excluding hydrogens is 346 g/mol. The molecule has 0 saturated carbocycles. The SMILES string of the molecule is Cn1c(CCNC(=O)OCc2ccccc2)nc(-c2ccncn2)cc1=O. The highest BCUT2D eigenvalue weighted by Gasteiger charge is 2.09. The molecule has 0 spiro atoms. The van der Waals surface area contributed by atoms with E-state index in [-0.39, 0.29) is 12.2 Å². The molecule has 27 heavy (non-hydrogen) atoms. The number of carbonyl (C=O) groups is 1. The minimum atomic E-state index is -0.518. The molecular formula is C19H19N5O3. The van der Waals surface area contributed by atoms with Crippen LogP contribution >= 0.6 is 0 Å². The number of carbonyl (C=O) groups excluding carboxylic acids is 1. The van der Waals surface area contributed by atoms with Crippen LogP contribution in [0.4, 0.5) is 4.79 Å². The third-order valence-corrected chi connectivity index (χ3v) is 3.90. The number of benzene rings is 1. The molecule has 0 fully saturated rings. The van der Waals surface area contributed by atoms with Crippen molar-refractivity contribution in [2.75, 3.05) is 6.54 Å². The molecule has 3 aromatic rings. The Morgan fingerprint density at radius 1 is 1.19 bits per heavy atom. The van der Waals surface area contributed by atoms with Gasteiger partial charge in [-0.3, -0.25) is 9.36 Å². The zero-order valence-electron chi connectivity index (χ0n) is 14.8. The van der Waals surface area contributed by atoms with Gasteiger partial charge in [-0.25, -0.2) is 19.7 Å². The van der Waals surface area contributed by atoms with Gasteiger partial charge in [0.05, 0.1) is 11.4 Å². The van der Waals surface area contributed by atoms with Crippen molar-refractivity contribution >= 4 is 6.09 Å². The van der Waals surface area contributed by atoms with Gasteiger partial charge in [0.2, 0.25) is 0 Å². The lowest BCUT2D eigenvalue weighted by atomic mass is 10.2. The van der Waals surface area contributed by atoms with Gasteiger partial charge < -0.3 is 10.1 Å². The first-order valence-corrected chi connectivity index (χ1v) is 8.41. The predicted molar refractivity (Wildman–Crippen MR) is 98.8 cm³/mol. The third kappa shape index (κ3) is 4.97. The Labute approximate surface area is 155 Å². The number of amides is 1. The van der Waals surface area contributed by atoms with Crippen molar-refractivity contribution in [2.24, 2.45) is 7.05 Å². The fourth-order valence-electron chi connectivity index (χ4n) is 2.43. The molecule has 0 atom stereocenters. The number of rotatable bonds is 6. The zero-order valence-corrected chi connectivity index (χ0v) is 14.8. The van der Waals surface area contributed by atoms with Gasteiger partial charge in [0.1, 0.15) is 18.8 Å². The normalized spacial score (nSPS) is 10.4. The van der Waals surface area contributed by atoms with Crippen LogP contribution in [-0.2, 0) is 24.8 Å². The zero-order chi connectivity index (χ0) is 19.1. The number of hydrogen-bond acceptors (Lipinski definition) is 6. The molecule has 0 aliphatic heterocycles. The van der Waals surface area contributed by atoms with E-state index in [4.69, 9.17) is 4.74 Å². The summed E-state index contributed by atoms with van der Waals surface area (Å²) in [5.74, 6) is 0.541. The van der Waals surface area contributed by atoms with Gasteiger partial charge in [-0.15, -0.1) is 0 Å². The van der Waals surface area contributed by atoms with E-state index in [1.54, 1.807) is 19.3 Å². The first kappa shape index (κ1) is 18.2. The van der Waals surface area contributed by atoms with E-state index in [9.17, 15) is 9.59 Å². The molecule has 0 radical (unpaired) electrons. The van der Waals surface area contributed by atoms with Crippen LogP contribution in [0.3, 0.4) is 0 Å². The molecule has 1 N–H and O–H groups in total. The summed E-state index contributed by atoms with van der Waals surface area (Å²) in [6.07, 6.45) is 2.85. The van der Waals surface area contributed by atoms with Crippen LogP contribution in [0.15, 0.2) is 59.8 Å². The standard InChI is InChI=1S/C19H19N5O3/c1-24-17(23-16(11-18(24)25)15-7-9-20-13-22-15)8-10-21-19(26)27-12-14-5-3-2-4-6-14/h2-7,9,11,13H,8,10,12H2,1H3,(H,21,26). The summed E-state index contributed by atoms with van der Waals surface area (Å²) < 4.78 is 6.60. The van der Waals surface area contributed by atoms with Gasteiger partial charge in [0, 0.05) is 32.3 Å². The number of aromatic nitrogens is 4. The molecule has 3 rings (SSSR count). The van der Waals surface area contributed by atoms with Crippen molar-refractivity contribution in [3.63, 3.8) is 0 Å². The molecule has 1 aromatic carbocycles. The van der Waals surface area contributed by atoms with Crippen molar-refractivity contribution in [1.82, 2.24) is 24.8 Å². The largest absolute Gasteiger partial charge is 0.445 e. The second kappa shape index (κ2) is 8.70. The average molecular weight is 365 g/mol. The second-order valence-corrected chi connectivity index (χ2v) is 5.79. The first-order chi connectivity index (χ1) is 13.1. The highest BCUT2D eigenvalue weighted by molar-refractivity contribution is 5.67. The highest BCUT2D eigenvalue weighted by atomic mass is 16.5. The van der Waals surface area contributed by atoms with Gasteiger partial charge in [-0.1, -0.05) is 30.3 Å². The lowest BCUT2D eigenvalue weighted by Crippen LogP contribution is -2.29. The third-order valence-electron chi connectivity index (χ3n) is 3.90. The smallest absolute Gasteiger partial charge is 0.407 e. The van der Waals surface area contributed by atoms with Crippen molar-refractivity contribution in [3.05, 3.63) is 76.7 Å². The van der Waals surface area contributed by atoms with Crippen LogP contribution in [0.1, 0.15) is 11.4 Å². The predicted octanol–water partition coefficient (Wildman–Crippen LogP) is 1.71. The molecule has 0 aliphatic rings. The Morgan fingerprint density at radius 2 is 2.00 bits per heavy atom. The maximum atomic E-state index is 12.2. The number of nitrogens with one attached hydrogen (secondary N) is 1. The summed E-state index contributed by atoms with van der Waals surface area (Å²) in [4.78, 5) is 36.4. The molecule has 138 valence electrons. The van der Waals surface area contributed by atoms with Crippen LogP contribution in [0.5, 0.6) is 0 Å². The van der Waals surface area contributed by atoms with Crippen molar-refractivity contribution in [3.8, 4) is 11.4 Å². The van der Waals surface area contributed by atoms with E-state index in [1.165, 1.54) is 17.0 Å². The van der Waals surface area contributed by atoms with Gasteiger partial charge >= 0.3 is 6.09 Å². The molecule has 2 heterocycles. The average Bonchev–Trinajstić information content (AvgIpc) is 2.71. The molecule has 2 aromatic heterocycles. The Kier molecular flexibility index (Phi) is 5.88. The summed E-state index contributed by atoms with van der Waals surface area (Å²) in [5, 5.41) is 2.67. The molecule has 0 unspecified atom stereocenters. The van der Waals surface area contributed by atoms with E-state index in [0.717, 1.165) is 5.56 Å². The molecule has 0 bridgehead atoms. The van der Waals surface area contributed by atoms with Crippen molar-refractivity contribution < 1.29 is 9.53 Å². The molecule has 0 saturated heterocycles. The quantitative estimate of drug-likeness (QED) is 0.714. The maximum Gasteiger partial charge on any atom is 0.407 e. The first-order valence-electron chi connectivity index (χ1n) is 8.41. The maximum absolute atomic E-state index is 12.2. The summed E-state index contributed by atoms with van der Waals surface area (Å²) >= 11 is 0. The van der Waals surface area contributed by atoms with Crippen LogP contribution in [0.25, 0.3) is 11.4 Å². The summed E-state index contributed by atoms with van der Waals surface area (Å²) in [7, 11) is 1.64. The topological polar surface area (TPSA) is 99.0 Å². The number of ether oxygens (including phenoxy) is 1. The Hall–Kier alpha value is -3.55. The van der Waals surface area contributed by atoms with E-state index in [0.29, 0.717) is 30.2 Å². The van der Waals surface area contributed by atoms with Gasteiger partial charge in [0.25, 0.3) is 5.56 Å². The van der Waals surface area contributed by atoms with Crippen LogP contribution < -0.4 is 10.9 Å². The minimum Gasteiger partial charge on any atom is -0.445 e. The number of hydrogen-bond donors (Lipinski definition) is 1. The van der Waals surface area contributed by atoms with Crippen LogP contribution in [-0.4, -0.2) is 32.2 Å². The van der Waals surface area contributed by atoms with Crippen molar-refractivity contribution in [1.29, 1.82) is 0 Å².